The number of carbonyl (C=O) groups excluding carboxylic acids is 1. The zero-order chi connectivity index (χ0) is 18.4. The van der Waals surface area contributed by atoms with Crippen LogP contribution in [0.5, 0.6) is 0 Å². The Balaban J connectivity index is 0.00000338. The third kappa shape index (κ3) is 6.66. The molecule has 1 unspecified atom stereocenters. The van der Waals surface area contributed by atoms with Crippen molar-refractivity contribution in [3.05, 3.63) is 29.8 Å². The Morgan fingerprint density at radius 2 is 1.92 bits per heavy atom. The highest BCUT2D eigenvalue weighted by Gasteiger charge is 2.31. The minimum Gasteiger partial charge on any atom is -0.369 e. The maximum absolute atomic E-state index is 12.8. The van der Waals surface area contributed by atoms with Gasteiger partial charge >= 0.3 is 6.18 Å². The number of nitrogens with one attached hydrogen (secondary N) is 1. The average Bonchev–Trinajstić information content (AvgIpc) is 2.58. The summed E-state index contributed by atoms with van der Waals surface area (Å²) >= 11 is 0. The number of nitrogens with two attached hydrogens (primary N) is 1. The summed E-state index contributed by atoms with van der Waals surface area (Å²) in [6, 6.07) is 4.96. The number of benzene rings is 1. The largest absolute Gasteiger partial charge is 0.416 e. The molecule has 0 aliphatic carbocycles. The Morgan fingerprint density at radius 1 is 1.27 bits per heavy atom. The molecule has 1 saturated heterocycles. The van der Waals surface area contributed by atoms with Crippen LogP contribution in [0.2, 0.25) is 0 Å². The fourth-order valence-corrected chi connectivity index (χ4v) is 2.78. The molecule has 1 amide bonds. The van der Waals surface area contributed by atoms with Gasteiger partial charge in [0.2, 0.25) is 5.91 Å². The van der Waals surface area contributed by atoms with E-state index in [9.17, 15) is 18.0 Å². The topological polar surface area (TPSA) is 61.6 Å². The average molecular weight is 395 g/mol. The van der Waals surface area contributed by atoms with Crippen LogP contribution in [0.4, 0.5) is 18.9 Å². The van der Waals surface area contributed by atoms with Gasteiger partial charge in [0.05, 0.1) is 11.6 Å². The van der Waals surface area contributed by atoms with Gasteiger partial charge in [0, 0.05) is 38.4 Å². The van der Waals surface area contributed by atoms with Crippen LogP contribution in [0.1, 0.15) is 18.9 Å². The van der Waals surface area contributed by atoms with E-state index in [4.69, 9.17) is 5.73 Å². The molecule has 5 nitrogen and oxygen atoms in total. The van der Waals surface area contributed by atoms with Crippen LogP contribution < -0.4 is 16.0 Å². The van der Waals surface area contributed by atoms with Crippen molar-refractivity contribution in [2.24, 2.45) is 5.73 Å². The molecule has 0 spiro atoms. The van der Waals surface area contributed by atoms with Gasteiger partial charge in [0.25, 0.3) is 0 Å². The van der Waals surface area contributed by atoms with Gasteiger partial charge in [0.15, 0.2) is 0 Å². The third-order valence-electron chi connectivity index (χ3n) is 4.27. The summed E-state index contributed by atoms with van der Waals surface area (Å²) in [5, 5.41) is 2.77. The molecule has 1 fully saturated rings. The Morgan fingerprint density at radius 3 is 2.50 bits per heavy atom. The first-order valence-corrected chi connectivity index (χ1v) is 8.45. The predicted molar refractivity (Wildman–Crippen MR) is 98.6 cm³/mol. The molecule has 1 aromatic carbocycles. The van der Waals surface area contributed by atoms with Gasteiger partial charge in [-0.2, -0.15) is 13.2 Å². The van der Waals surface area contributed by atoms with E-state index >= 15 is 0 Å². The summed E-state index contributed by atoms with van der Waals surface area (Å²) in [5.74, 6) is -0.158. The lowest BCUT2D eigenvalue weighted by molar-refractivity contribution is -0.137. The maximum atomic E-state index is 12.8. The van der Waals surface area contributed by atoms with Crippen molar-refractivity contribution >= 4 is 24.0 Å². The second-order valence-electron chi connectivity index (χ2n) is 6.31. The van der Waals surface area contributed by atoms with Gasteiger partial charge in [-0.15, -0.1) is 12.4 Å². The Bertz CT molecular complexity index is 575. The van der Waals surface area contributed by atoms with Crippen LogP contribution in [0.25, 0.3) is 0 Å². The van der Waals surface area contributed by atoms with Crippen molar-refractivity contribution in [3.63, 3.8) is 0 Å². The number of hydrogen-bond donors (Lipinski definition) is 2. The van der Waals surface area contributed by atoms with Crippen molar-refractivity contribution in [2.45, 2.75) is 25.6 Å². The number of piperazine rings is 1. The summed E-state index contributed by atoms with van der Waals surface area (Å²) in [6.45, 7) is 6.02. The van der Waals surface area contributed by atoms with E-state index in [1.807, 2.05) is 4.90 Å². The number of halogens is 4. The number of carbonyl (C=O) groups is 1. The first-order chi connectivity index (χ1) is 11.8. The van der Waals surface area contributed by atoms with Gasteiger partial charge < -0.3 is 16.0 Å². The molecule has 1 aliphatic rings. The van der Waals surface area contributed by atoms with Crippen LogP contribution in [-0.4, -0.2) is 56.1 Å². The van der Waals surface area contributed by atoms with E-state index < -0.39 is 17.8 Å². The maximum Gasteiger partial charge on any atom is 0.416 e. The lowest BCUT2D eigenvalue weighted by atomic mass is 10.1. The summed E-state index contributed by atoms with van der Waals surface area (Å²) in [5.41, 5.74) is 5.47. The molecule has 0 radical (unpaired) electrons. The fourth-order valence-electron chi connectivity index (χ4n) is 2.78. The van der Waals surface area contributed by atoms with E-state index in [2.05, 4.69) is 10.2 Å². The number of nitrogens with zero attached hydrogens (tertiary/aromatic N) is 2. The molecule has 1 heterocycles. The highest BCUT2D eigenvalue weighted by Crippen LogP contribution is 2.31. The number of amides is 1. The second-order valence-corrected chi connectivity index (χ2v) is 6.31. The minimum atomic E-state index is -4.32. The normalized spacial score (nSPS) is 16.7. The van der Waals surface area contributed by atoms with Gasteiger partial charge in [0.1, 0.15) is 0 Å². The van der Waals surface area contributed by atoms with Crippen molar-refractivity contribution in [2.75, 3.05) is 44.2 Å². The van der Waals surface area contributed by atoms with Gasteiger partial charge in [-0.05, 0) is 38.1 Å². The standard InChI is InChI=1S/C17H25F3N4O.ClH/c1-13(21)16(25)22-6-3-7-23-8-10-24(11-9-23)15-5-2-4-14(12-15)17(18,19)20;/h2,4-5,12-13H,3,6-11,21H2,1H3,(H,22,25);1H. The van der Waals surface area contributed by atoms with Crippen molar-refractivity contribution < 1.29 is 18.0 Å². The summed E-state index contributed by atoms with van der Waals surface area (Å²) in [4.78, 5) is 15.6. The molecule has 0 bridgehead atoms. The lowest BCUT2D eigenvalue weighted by Crippen LogP contribution is -2.47. The molecule has 148 valence electrons. The van der Waals surface area contributed by atoms with E-state index in [1.165, 1.54) is 12.1 Å². The zero-order valence-electron chi connectivity index (χ0n) is 14.8. The van der Waals surface area contributed by atoms with Gasteiger partial charge in [-0.3, -0.25) is 9.69 Å². The molecule has 0 saturated carbocycles. The number of hydrogen-bond acceptors (Lipinski definition) is 4. The summed E-state index contributed by atoms with van der Waals surface area (Å²) < 4.78 is 38.4. The van der Waals surface area contributed by atoms with Crippen LogP contribution >= 0.6 is 12.4 Å². The highest BCUT2D eigenvalue weighted by atomic mass is 35.5. The van der Waals surface area contributed by atoms with E-state index in [1.54, 1.807) is 13.0 Å². The van der Waals surface area contributed by atoms with E-state index in [-0.39, 0.29) is 18.3 Å². The van der Waals surface area contributed by atoms with E-state index in [0.717, 1.165) is 32.1 Å². The quantitative estimate of drug-likeness (QED) is 0.725. The number of anilines is 1. The molecule has 3 N–H and O–H groups in total. The molecule has 1 atom stereocenters. The summed E-state index contributed by atoms with van der Waals surface area (Å²) in [7, 11) is 0. The van der Waals surface area contributed by atoms with Crippen molar-refractivity contribution in [1.29, 1.82) is 0 Å². The SMILES string of the molecule is CC(N)C(=O)NCCCN1CCN(c2cccc(C(F)(F)F)c2)CC1.Cl. The molecule has 0 aromatic heterocycles. The van der Waals surface area contributed by atoms with Crippen molar-refractivity contribution in [1.82, 2.24) is 10.2 Å². The Kier molecular flexibility index (Phi) is 8.66. The Hall–Kier alpha value is -1.51. The smallest absolute Gasteiger partial charge is 0.369 e. The predicted octanol–water partition coefficient (Wildman–Crippen LogP) is 2.10. The van der Waals surface area contributed by atoms with Gasteiger partial charge in [-0.25, -0.2) is 0 Å². The fraction of sp³-hybridized carbons (Fsp3) is 0.588. The second kappa shape index (κ2) is 9.99. The molecular formula is C17H26ClF3N4O. The van der Waals surface area contributed by atoms with Crippen molar-refractivity contribution in [3.8, 4) is 0 Å². The number of alkyl halides is 3. The summed E-state index contributed by atoms with van der Waals surface area (Å²) in [6.07, 6.45) is -3.49. The zero-order valence-corrected chi connectivity index (χ0v) is 15.6. The first-order valence-electron chi connectivity index (χ1n) is 8.45. The first kappa shape index (κ1) is 22.5. The minimum absolute atomic E-state index is 0. The van der Waals surface area contributed by atoms with E-state index in [0.29, 0.717) is 25.3 Å². The van der Waals surface area contributed by atoms with Gasteiger partial charge in [-0.1, -0.05) is 6.07 Å². The molecular weight excluding hydrogens is 369 g/mol. The van der Waals surface area contributed by atoms with Crippen LogP contribution in [0, 0.1) is 0 Å². The third-order valence-corrected chi connectivity index (χ3v) is 4.27. The monoisotopic (exact) mass is 394 g/mol. The molecule has 1 aromatic rings. The lowest BCUT2D eigenvalue weighted by Gasteiger charge is -2.36. The highest BCUT2D eigenvalue weighted by molar-refractivity contribution is 5.85. The molecule has 2 rings (SSSR count). The van der Waals surface area contributed by atoms with Crippen LogP contribution in [0.15, 0.2) is 24.3 Å². The Labute approximate surface area is 158 Å². The number of rotatable bonds is 6. The molecule has 9 heteroatoms. The van der Waals surface area contributed by atoms with Crippen LogP contribution in [-0.2, 0) is 11.0 Å². The molecule has 1 aliphatic heterocycles. The molecule has 26 heavy (non-hydrogen) atoms. The van der Waals surface area contributed by atoms with Crippen LogP contribution in [0.3, 0.4) is 0 Å².